The first-order valence-corrected chi connectivity index (χ1v) is 9.93. The van der Waals surface area contributed by atoms with Crippen LogP contribution < -0.4 is 19.5 Å². The SMILES string of the molecule is CCNS(=O)(=O)c1cc(C(=O)N[C@@H](C)c2ccccc2OC)ccc1OC. The monoisotopic (exact) mass is 392 g/mol. The Kier molecular flexibility index (Phi) is 6.81. The van der Waals surface area contributed by atoms with Gasteiger partial charge < -0.3 is 14.8 Å². The van der Waals surface area contributed by atoms with Gasteiger partial charge in [0.15, 0.2) is 0 Å². The van der Waals surface area contributed by atoms with Gasteiger partial charge in [0.1, 0.15) is 16.4 Å². The summed E-state index contributed by atoms with van der Waals surface area (Å²) in [5.74, 6) is 0.435. The molecule has 0 spiro atoms. The zero-order chi connectivity index (χ0) is 20.0. The minimum Gasteiger partial charge on any atom is -0.496 e. The number of hydrogen-bond donors (Lipinski definition) is 2. The van der Waals surface area contributed by atoms with Gasteiger partial charge in [0.2, 0.25) is 10.0 Å². The van der Waals surface area contributed by atoms with Crippen LogP contribution in [0.4, 0.5) is 0 Å². The third kappa shape index (κ3) is 4.78. The molecule has 7 nitrogen and oxygen atoms in total. The first-order chi connectivity index (χ1) is 12.8. The molecular formula is C19H24N2O5S. The van der Waals surface area contributed by atoms with Gasteiger partial charge in [-0.3, -0.25) is 4.79 Å². The Balaban J connectivity index is 2.31. The van der Waals surface area contributed by atoms with Crippen LogP contribution in [0.3, 0.4) is 0 Å². The Labute approximate surface area is 159 Å². The summed E-state index contributed by atoms with van der Waals surface area (Å²) in [6.07, 6.45) is 0. The van der Waals surface area contributed by atoms with Gasteiger partial charge in [0.25, 0.3) is 5.91 Å². The van der Waals surface area contributed by atoms with E-state index in [1.54, 1.807) is 14.0 Å². The fourth-order valence-corrected chi connectivity index (χ4v) is 3.91. The fraction of sp³-hybridized carbons (Fsp3) is 0.316. The van der Waals surface area contributed by atoms with Gasteiger partial charge in [-0.1, -0.05) is 25.1 Å². The Morgan fingerprint density at radius 1 is 1.07 bits per heavy atom. The van der Waals surface area contributed by atoms with Crippen molar-refractivity contribution in [3.05, 3.63) is 53.6 Å². The van der Waals surface area contributed by atoms with E-state index >= 15 is 0 Å². The molecule has 1 amide bonds. The number of amides is 1. The Morgan fingerprint density at radius 2 is 1.74 bits per heavy atom. The number of rotatable bonds is 8. The second kappa shape index (κ2) is 8.88. The highest BCUT2D eigenvalue weighted by Gasteiger charge is 2.22. The lowest BCUT2D eigenvalue weighted by atomic mass is 10.1. The van der Waals surface area contributed by atoms with E-state index in [-0.39, 0.29) is 28.8 Å². The van der Waals surface area contributed by atoms with E-state index in [2.05, 4.69) is 10.0 Å². The van der Waals surface area contributed by atoms with E-state index in [1.807, 2.05) is 31.2 Å². The minimum atomic E-state index is -3.78. The van der Waals surface area contributed by atoms with Crippen molar-refractivity contribution in [2.75, 3.05) is 20.8 Å². The van der Waals surface area contributed by atoms with E-state index in [4.69, 9.17) is 9.47 Å². The van der Waals surface area contributed by atoms with Gasteiger partial charge in [-0.25, -0.2) is 13.1 Å². The number of ether oxygens (including phenoxy) is 2. The Bertz CT molecular complexity index is 912. The largest absolute Gasteiger partial charge is 0.496 e. The number of benzene rings is 2. The molecule has 8 heteroatoms. The van der Waals surface area contributed by atoms with E-state index in [0.717, 1.165) is 5.56 Å². The number of carbonyl (C=O) groups is 1. The second-order valence-electron chi connectivity index (χ2n) is 5.80. The van der Waals surface area contributed by atoms with Gasteiger partial charge in [-0.05, 0) is 31.2 Å². The van der Waals surface area contributed by atoms with Crippen LogP contribution in [-0.4, -0.2) is 35.1 Å². The molecule has 1 atom stereocenters. The zero-order valence-corrected chi connectivity index (χ0v) is 16.6. The quantitative estimate of drug-likeness (QED) is 0.720. The molecule has 0 unspecified atom stereocenters. The van der Waals surface area contributed by atoms with Gasteiger partial charge in [-0.15, -0.1) is 0 Å². The van der Waals surface area contributed by atoms with Crippen LogP contribution in [0.5, 0.6) is 11.5 Å². The average molecular weight is 392 g/mol. The summed E-state index contributed by atoms with van der Waals surface area (Å²) in [7, 11) is -0.832. The molecule has 2 aromatic carbocycles. The molecule has 2 N–H and O–H groups in total. The number of nitrogens with one attached hydrogen (secondary N) is 2. The Hall–Kier alpha value is -2.58. The van der Waals surface area contributed by atoms with Crippen molar-refractivity contribution < 1.29 is 22.7 Å². The molecule has 27 heavy (non-hydrogen) atoms. The predicted octanol–water partition coefficient (Wildman–Crippen LogP) is 2.49. The van der Waals surface area contributed by atoms with Crippen molar-refractivity contribution in [3.8, 4) is 11.5 Å². The Morgan fingerprint density at radius 3 is 2.37 bits per heavy atom. The molecule has 0 aliphatic heterocycles. The lowest BCUT2D eigenvalue weighted by Crippen LogP contribution is -2.28. The van der Waals surface area contributed by atoms with Crippen molar-refractivity contribution >= 4 is 15.9 Å². The molecule has 0 heterocycles. The maximum Gasteiger partial charge on any atom is 0.251 e. The van der Waals surface area contributed by atoms with E-state index in [9.17, 15) is 13.2 Å². The molecule has 0 aromatic heterocycles. The summed E-state index contributed by atoms with van der Waals surface area (Å²) in [6.45, 7) is 3.73. The number of hydrogen-bond acceptors (Lipinski definition) is 5. The molecule has 2 aromatic rings. The summed E-state index contributed by atoms with van der Waals surface area (Å²) in [5.41, 5.74) is 1.04. The number of para-hydroxylation sites is 1. The van der Waals surface area contributed by atoms with Crippen LogP contribution in [0.25, 0.3) is 0 Å². The highest BCUT2D eigenvalue weighted by Crippen LogP contribution is 2.27. The summed E-state index contributed by atoms with van der Waals surface area (Å²) >= 11 is 0. The van der Waals surface area contributed by atoms with E-state index < -0.39 is 15.9 Å². The lowest BCUT2D eigenvalue weighted by Gasteiger charge is -2.18. The molecule has 0 bridgehead atoms. The number of carbonyl (C=O) groups excluding carboxylic acids is 1. The summed E-state index contributed by atoms with van der Waals surface area (Å²) in [6, 6.07) is 11.3. The standard InChI is InChI=1S/C19H24N2O5S/c1-5-20-27(23,24)18-12-14(10-11-17(18)26-4)19(22)21-13(2)15-8-6-7-9-16(15)25-3/h6-13,20H,5H2,1-4H3,(H,21,22)/t13-/m0/s1. The first kappa shape index (κ1) is 20.7. The minimum absolute atomic E-state index is 0.0792. The molecule has 146 valence electrons. The van der Waals surface area contributed by atoms with Crippen molar-refractivity contribution in [1.29, 1.82) is 0 Å². The van der Waals surface area contributed by atoms with Crippen molar-refractivity contribution in [1.82, 2.24) is 10.0 Å². The molecule has 0 saturated heterocycles. The normalized spacial score (nSPS) is 12.3. The number of sulfonamides is 1. The van der Waals surface area contributed by atoms with E-state index in [0.29, 0.717) is 5.75 Å². The molecule has 0 radical (unpaired) electrons. The molecular weight excluding hydrogens is 368 g/mol. The van der Waals surface area contributed by atoms with Crippen molar-refractivity contribution in [2.24, 2.45) is 0 Å². The highest BCUT2D eigenvalue weighted by atomic mass is 32.2. The second-order valence-corrected chi connectivity index (χ2v) is 7.54. The van der Waals surface area contributed by atoms with Gasteiger partial charge >= 0.3 is 0 Å². The zero-order valence-electron chi connectivity index (χ0n) is 15.8. The van der Waals surface area contributed by atoms with Gasteiger partial charge in [0.05, 0.1) is 20.3 Å². The summed E-state index contributed by atoms with van der Waals surface area (Å²) in [4.78, 5) is 12.6. The summed E-state index contributed by atoms with van der Waals surface area (Å²) < 4.78 is 37.6. The van der Waals surface area contributed by atoms with Crippen LogP contribution >= 0.6 is 0 Å². The predicted molar refractivity (Wildman–Crippen MR) is 103 cm³/mol. The maximum absolute atomic E-state index is 12.7. The maximum atomic E-state index is 12.7. The van der Waals surface area contributed by atoms with Gasteiger partial charge in [0, 0.05) is 17.7 Å². The van der Waals surface area contributed by atoms with Crippen LogP contribution in [0, 0.1) is 0 Å². The van der Waals surface area contributed by atoms with Crippen LogP contribution in [-0.2, 0) is 10.0 Å². The van der Waals surface area contributed by atoms with Crippen LogP contribution in [0.2, 0.25) is 0 Å². The third-order valence-electron chi connectivity index (χ3n) is 4.00. The molecule has 0 fully saturated rings. The smallest absolute Gasteiger partial charge is 0.251 e. The van der Waals surface area contributed by atoms with Crippen molar-refractivity contribution in [3.63, 3.8) is 0 Å². The highest BCUT2D eigenvalue weighted by molar-refractivity contribution is 7.89. The molecule has 2 rings (SSSR count). The average Bonchev–Trinajstić information content (AvgIpc) is 2.67. The topological polar surface area (TPSA) is 93.7 Å². The molecule has 0 saturated carbocycles. The third-order valence-corrected chi connectivity index (χ3v) is 5.57. The first-order valence-electron chi connectivity index (χ1n) is 8.45. The van der Waals surface area contributed by atoms with Crippen molar-refractivity contribution in [2.45, 2.75) is 24.8 Å². The number of methoxy groups -OCH3 is 2. The van der Waals surface area contributed by atoms with Crippen LogP contribution in [0.1, 0.15) is 35.8 Å². The molecule has 0 aliphatic rings. The molecule has 0 aliphatic carbocycles. The fourth-order valence-electron chi connectivity index (χ4n) is 2.68. The van der Waals surface area contributed by atoms with Crippen LogP contribution in [0.15, 0.2) is 47.4 Å². The summed E-state index contributed by atoms with van der Waals surface area (Å²) in [5, 5.41) is 2.86. The van der Waals surface area contributed by atoms with E-state index in [1.165, 1.54) is 25.3 Å². The van der Waals surface area contributed by atoms with Gasteiger partial charge in [-0.2, -0.15) is 0 Å². The lowest BCUT2D eigenvalue weighted by molar-refractivity contribution is 0.0939.